The lowest BCUT2D eigenvalue weighted by Gasteiger charge is -2.18. The highest BCUT2D eigenvalue weighted by Crippen LogP contribution is 2.29. The third kappa shape index (κ3) is 4.13. The van der Waals surface area contributed by atoms with E-state index in [1.807, 2.05) is 31.2 Å². The molecule has 2 aromatic rings. The zero-order valence-corrected chi connectivity index (χ0v) is 13.9. The molecule has 0 saturated carbocycles. The normalized spacial score (nSPS) is 11.9. The molecule has 0 aliphatic rings. The zero-order valence-electron chi connectivity index (χ0n) is 13.9. The SMILES string of the molecule is COc1ccc(OC)c(C(C)NCc2ccc(OC)c(F)c2)c1. The van der Waals surface area contributed by atoms with Gasteiger partial charge in [-0.3, -0.25) is 0 Å². The zero-order chi connectivity index (χ0) is 16.8. The average molecular weight is 319 g/mol. The van der Waals surface area contributed by atoms with Gasteiger partial charge in [0.15, 0.2) is 11.6 Å². The number of methoxy groups -OCH3 is 3. The van der Waals surface area contributed by atoms with E-state index in [1.54, 1.807) is 20.3 Å². The molecule has 0 aliphatic heterocycles. The number of nitrogens with one attached hydrogen (secondary N) is 1. The van der Waals surface area contributed by atoms with Crippen LogP contribution in [0.5, 0.6) is 17.2 Å². The summed E-state index contributed by atoms with van der Waals surface area (Å²) in [5.41, 5.74) is 1.83. The lowest BCUT2D eigenvalue weighted by Crippen LogP contribution is -2.19. The fourth-order valence-electron chi connectivity index (χ4n) is 2.38. The molecule has 4 nitrogen and oxygen atoms in total. The van der Waals surface area contributed by atoms with Crippen molar-refractivity contribution >= 4 is 0 Å². The summed E-state index contributed by atoms with van der Waals surface area (Å²) in [5, 5.41) is 3.36. The number of rotatable bonds is 7. The van der Waals surface area contributed by atoms with Crippen LogP contribution in [0.4, 0.5) is 4.39 Å². The number of benzene rings is 2. The molecule has 0 bridgehead atoms. The van der Waals surface area contributed by atoms with Crippen molar-refractivity contribution < 1.29 is 18.6 Å². The minimum atomic E-state index is -0.363. The van der Waals surface area contributed by atoms with Crippen molar-refractivity contribution in [2.75, 3.05) is 21.3 Å². The fourth-order valence-corrected chi connectivity index (χ4v) is 2.38. The van der Waals surface area contributed by atoms with Gasteiger partial charge in [-0.1, -0.05) is 6.07 Å². The summed E-state index contributed by atoms with van der Waals surface area (Å²) in [5.74, 6) is 1.44. The first kappa shape index (κ1) is 17.1. The molecule has 0 aromatic heterocycles. The van der Waals surface area contributed by atoms with Gasteiger partial charge < -0.3 is 19.5 Å². The predicted octanol–water partition coefficient (Wildman–Crippen LogP) is 3.70. The summed E-state index contributed by atoms with van der Waals surface area (Å²) < 4.78 is 29.3. The van der Waals surface area contributed by atoms with Crippen molar-refractivity contribution in [2.24, 2.45) is 0 Å². The molecule has 23 heavy (non-hydrogen) atoms. The highest BCUT2D eigenvalue weighted by Gasteiger charge is 2.13. The van der Waals surface area contributed by atoms with Crippen LogP contribution >= 0.6 is 0 Å². The first-order valence-corrected chi connectivity index (χ1v) is 7.36. The Morgan fingerprint density at radius 1 is 0.957 bits per heavy atom. The molecule has 0 saturated heterocycles. The van der Waals surface area contributed by atoms with Gasteiger partial charge in [0.1, 0.15) is 11.5 Å². The van der Waals surface area contributed by atoms with Crippen LogP contribution in [-0.2, 0) is 6.54 Å². The maximum absolute atomic E-state index is 13.7. The van der Waals surface area contributed by atoms with Gasteiger partial charge in [-0.2, -0.15) is 0 Å². The monoisotopic (exact) mass is 319 g/mol. The Balaban J connectivity index is 2.10. The first-order chi connectivity index (χ1) is 11.1. The average Bonchev–Trinajstić information content (AvgIpc) is 2.59. The van der Waals surface area contributed by atoms with Gasteiger partial charge in [-0.15, -0.1) is 0 Å². The van der Waals surface area contributed by atoms with Crippen LogP contribution in [0.25, 0.3) is 0 Å². The smallest absolute Gasteiger partial charge is 0.165 e. The summed E-state index contributed by atoms with van der Waals surface area (Å²) in [6.45, 7) is 2.56. The fraction of sp³-hybridized carbons (Fsp3) is 0.333. The van der Waals surface area contributed by atoms with Gasteiger partial charge in [0, 0.05) is 18.2 Å². The van der Waals surface area contributed by atoms with Crippen LogP contribution in [0.15, 0.2) is 36.4 Å². The van der Waals surface area contributed by atoms with Gasteiger partial charge in [-0.25, -0.2) is 4.39 Å². The molecule has 0 fully saturated rings. The first-order valence-electron chi connectivity index (χ1n) is 7.36. The lowest BCUT2D eigenvalue weighted by atomic mass is 10.1. The lowest BCUT2D eigenvalue weighted by molar-refractivity contribution is 0.385. The Labute approximate surface area is 136 Å². The molecule has 124 valence electrons. The Bertz CT molecular complexity index is 661. The van der Waals surface area contributed by atoms with E-state index in [0.29, 0.717) is 6.54 Å². The molecule has 1 N–H and O–H groups in total. The van der Waals surface area contributed by atoms with Crippen molar-refractivity contribution in [1.29, 1.82) is 0 Å². The second kappa shape index (κ2) is 7.83. The molecule has 0 radical (unpaired) electrons. The molecule has 1 unspecified atom stereocenters. The number of halogens is 1. The molecule has 5 heteroatoms. The van der Waals surface area contributed by atoms with E-state index in [-0.39, 0.29) is 17.6 Å². The summed E-state index contributed by atoms with van der Waals surface area (Å²) >= 11 is 0. The second-order valence-corrected chi connectivity index (χ2v) is 5.18. The molecule has 2 aromatic carbocycles. The summed E-state index contributed by atoms with van der Waals surface area (Å²) in [6, 6.07) is 10.6. The van der Waals surface area contributed by atoms with E-state index in [0.717, 1.165) is 22.6 Å². The summed E-state index contributed by atoms with van der Waals surface area (Å²) in [4.78, 5) is 0. The highest BCUT2D eigenvalue weighted by atomic mass is 19.1. The summed E-state index contributed by atoms with van der Waals surface area (Å²) in [7, 11) is 4.72. The Morgan fingerprint density at radius 2 is 1.65 bits per heavy atom. The van der Waals surface area contributed by atoms with Gasteiger partial charge >= 0.3 is 0 Å². The molecule has 0 aliphatic carbocycles. The largest absolute Gasteiger partial charge is 0.497 e. The van der Waals surface area contributed by atoms with Crippen LogP contribution in [0.1, 0.15) is 24.1 Å². The highest BCUT2D eigenvalue weighted by molar-refractivity contribution is 5.42. The van der Waals surface area contributed by atoms with Crippen molar-refractivity contribution in [3.63, 3.8) is 0 Å². The van der Waals surface area contributed by atoms with Crippen LogP contribution in [0.2, 0.25) is 0 Å². The standard InChI is InChI=1S/C18H22FNO3/c1-12(15-10-14(21-2)6-8-17(15)22-3)20-11-13-5-7-18(23-4)16(19)9-13/h5-10,12,20H,11H2,1-4H3. The van der Waals surface area contributed by atoms with Gasteiger partial charge in [0.25, 0.3) is 0 Å². The molecule has 0 amide bonds. The van der Waals surface area contributed by atoms with E-state index in [2.05, 4.69) is 5.32 Å². The van der Waals surface area contributed by atoms with Crippen LogP contribution in [-0.4, -0.2) is 21.3 Å². The topological polar surface area (TPSA) is 39.7 Å². The predicted molar refractivity (Wildman–Crippen MR) is 87.8 cm³/mol. The maximum atomic E-state index is 13.7. The molecule has 0 spiro atoms. The van der Waals surface area contributed by atoms with Crippen molar-refractivity contribution in [2.45, 2.75) is 19.5 Å². The summed E-state index contributed by atoms with van der Waals surface area (Å²) in [6.07, 6.45) is 0. The van der Waals surface area contributed by atoms with E-state index in [4.69, 9.17) is 14.2 Å². The number of hydrogen-bond acceptors (Lipinski definition) is 4. The second-order valence-electron chi connectivity index (χ2n) is 5.18. The minimum absolute atomic E-state index is 0.0187. The minimum Gasteiger partial charge on any atom is -0.497 e. The quantitative estimate of drug-likeness (QED) is 0.844. The number of ether oxygens (including phenoxy) is 3. The Kier molecular flexibility index (Phi) is 5.82. The third-order valence-corrected chi connectivity index (χ3v) is 3.73. The van der Waals surface area contributed by atoms with Crippen LogP contribution in [0.3, 0.4) is 0 Å². The molecule has 1 atom stereocenters. The Morgan fingerprint density at radius 3 is 2.26 bits per heavy atom. The molecule has 2 rings (SSSR count). The van der Waals surface area contributed by atoms with E-state index >= 15 is 0 Å². The van der Waals surface area contributed by atoms with Crippen molar-refractivity contribution in [3.05, 3.63) is 53.3 Å². The molecular weight excluding hydrogens is 297 g/mol. The van der Waals surface area contributed by atoms with E-state index in [9.17, 15) is 4.39 Å². The molecule has 0 heterocycles. The number of hydrogen-bond donors (Lipinski definition) is 1. The maximum Gasteiger partial charge on any atom is 0.165 e. The van der Waals surface area contributed by atoms with Gasteiger partial charge in [0.2, 0.25) is 0 Å². The van der Waals surface area contributed by atoms with Crippen LogP contribution < -0.4 is 19.5 Å². The third-order valence-electron chi connectivity index (χ3n) is 3.73. The molecular formula is C18H22FNO3. The van der Waals surface area contributed by atoms with Gasteiger partial charge in [0.05, 0.1) is 21.3 Å². The van der Waals surface area contributed by atoms with Crippen molar-refractivity contribution in [3.8, 4) is 17.2 Å². The Hall–Kier alpha value is -2.27. The van der Waals surface area contributed by atoms with Crippen LogP contribution in [0, 0.1) is 5.82 Å². The van der Waals surface area contributed by atoms with E-state index < -0.39 is 0 Å². The van der Waals surface area contributed by atoms with E-state index in [1.165, 1.54) is 13.2 Å². The van der Waals surface area contributed by atoms with Crippen molar-refractivity contribution in [1.82, 2.24) is 5.32 Å². The van der Waals surface area contributed by atoms with Gasteiger partial charge in [-0.05, 0) is 42.8 Å².